The van der Waals surface area contributed by atoms with E-state index >= 15 is 0 Å². The molecule has 1 aliphatic heterocycles. The van der Waals surface area contributed by atoms with Gasteiger partial charge in [0.2, 0.25) is 0 Å². The smallest absolute Gasteiger partial charge is 0.307 e. The molecule has 94 valence electrons. The van der Waals surface area contributed by atoms with Gasteiger partial charge in [-0.2, -0.15) is 0 Å². The topological polar surface area (TPSA) is 41.6 Å². The molecule has 1 unspecified atom stereocenters. The molecule has 0 bridgehead atoms. The van der Waals surface area contributed by atoms with Gasteiger partial charge in [0.1, 0.15) is 5.60 Å². The first-order valence-corrected chi connectivity index (χ1v) is 6.04. The minimum Gasteiger partial charge on any atom is -0.460 e. The Morgan fingerprint density at radius 3 is 2.75 bits per heavy atom. The average molecular weight is 228 g/mol. The summed E-state index contributed by atoms with van der Waals surface area (Å²) in [6, 6.07) is 0.521. The lowest BCUT2D eigenvalue weighted by Crippen LogP contribution is -2.49. The Morgan fingerprint density at radius 1 is 1.50 bits per heavy atom. The molecular weight excluding hydrogens is 204 g/mol. The Morgan fingerprint density at radius 2 is 2.19 bits per heavy atom. The number of nitrogens with zero attached hydrogens (tertiary/aromatic N) is 1. The van der Waals surface area contributed by atoms with Gasteiger partial charge in [-0.1, -0.05) is 0 Å². The number of carbonyl (C=O) groups is 1. The normalized spacial score (nSPS) is 23.1. The number of hydrogen-bond donors (Lipinski definition) is 1. The summed E-state index contributed by atoms with van der Waals surface area (Å²) in [5.74, 6) is -0.0984. The Kier molecular flexibility index (Phi) is 4.74. The number of esters is 1. The zero-order valence-corrected chi connectivity index (χ0v) is 10.9. The molecule has 1 aliphatic rings. The van der Waals surface area contributed by atoms with Crippen molar-refractivity contribution in [2.45, 2.75) is 45.8 Å². The molecule has 0 aromatic carbocycles. The van der Waals surface area contributed by atoms with Gasteiger partial charge in [-0.15, -0.1) is 0 Å². The summed E-state index contributed by atoms with van der Waals surface area (Å²) in [7, 11) is 0. The van der Waals surface area contributed by atoms with E-state index in [-0.39, 0.29) is 11.6 Å². The van der Waals surface area contributed by atoms with Crippen LogP contribution in [-0.2, 0) is 9.53 Å². The third-order valence-corrected chi connectivity index (χ3v) is 2.51. The van der Waals surface area contributed by atoms with Crippen LogP contribution in [0.15, 0.2) is 0 Å². The lowest BCUT2D eigenvalue weighted by molar-refractivity contribution is -0.155. The molecule has 1 saturated heterocycles. The highest BCUT2D eigenvalue weighted by Crippen LogP contribution is 2.09. The van der Waals surface area contributed by atoms with Gasteiger partial charge >= 0.3 is 5.97 Å². The number of hydrogen-bond acceptors (Lipinski definition) is 4. The van der Waals surface area contributed by atoms with Crippen LogP contribution in [0.5, 0.6) is 0 Å². The van der Waals surface area contributed by atoms with Crippen molar-refractivity contribution >= 4 is 5.97 Å². The van der Waals surface area contributed by atoms with Crippen molar-refractivity contribution in [1.29, 1.82) is 0 Å². The second kappa shape index (κ2) is 5.64. The van der Waals surface area contributed by atoms with Crippen LogP contribution in [0.1, 0.15) is 34.1 Å². The summed E-state index contributed by atoms with van der Waals surface area (Å²) < 4.78 is 5.27. The Labute approximate surface area is 98.3 Å². The second-order valence-electron chi connectivity index (χ2n) is 5.49. The zero-order chi connectivity index (χ0) is 12.2. The SMILES string of the molecule is CC1CN(CCC(=O)OC(C)(C)C)CCN1. The molecule has 1 rings (SSSR count). The van der Waals surface area contributed by atoms with Crippen molar-refractivity contribution in [2.75, 3.05) is 26.2 Å². The number of carbonyl (C=O) groups excluding carboxylic acids is 1. The van der Waals surface area contributed by atoms with E-state index < -0.39 is 0 Å². The Bertz CT molecular complexity index is 236. The molecule has 1 fully saturated rings. The summed E-state index contributed by atoms with van der Waals surface area (Å²) in [5.41, 5.74) is -0.367. The standard InChI is InChI=1S/C12H24N2O2/c1-10-9-14(8-6-13-10)7-5-11(15)16-12(2,3)4/h10,13H,5-9H2,1-4H3. The van der Waals surface area contributed by atoms with Crippen LogP contribution in [0.25, 0.3) is 0 Å². The van der Waals surface area contributed by atoms with Crippen molar-refractivity contribution < 1.29 is 9.53 Å². The van der Waals surface area contributed by atoms with Crippen LogP contribution in [0, 0.1) is 0 Å². The van der Waals surface area contributed by atoms with Crippen molar-refractivity contribution in [2.24, 2.45) is 0 Å². The van der Waals surface area contributed by atoms with E-state index in [9.17, 15) is 4.79 Å². The second-order valence-corrected chi connectivity index (χ2v) is 5.49. The van der Waals surface area contributed by atoms with Gasteiger partial charge in [0.25, 0.3) is 0 Å². The third-order valence-electron chi connectivity index (χ3n) is 2.51. The highest BCUT2D eigenvalue weighted by Gasteiger charge is 2.19. The number of rotatable bonds is 3. The quantitative estimate of drug-likeness (QED) is 0.732. The summed E-state index contributed by atoms with van der Waals surface area (Å²) in [4.78, 5) is 13.8. The summed E-state index contributed by atoms with van der Waals surface area (Å²) >= 11 is 0. The van der Waals surface area contributed by atoms with Crippen molar-refractivity contribution in [1.82, 2.24) is 10.2 Å². The van der Waals surface area contributed by atoms with Gasteiger partial charge in [-0.05, 0) is 27.7 Å². The first-order chi connectivity index (χ1) is 7.37. The van der Waals surface area contributed by atoms with Gasteiger partial charge in [0, 0.05) is 32.2 Å². The Hall–Kier alpha value is -0.610. The lowest BCUT2D eigenvalue weighted by Gasteiger charge is -2.31. The summed E-state index contributed by atoms with van der Waals surface area (Å²) in [6.45, 7) is 11.7. The fraction of sp³-hybridized carbons (Fsp3) is 0.917. The highest BCUT2D eigenvalue weighted by molar-refractivity contribution is 5.70. The van der Waals surface area contributed by atoms with E-state index in [1.165, 1.54) is 0 Å². The maximum absolute atomic E-state index is 11.5. The molecule has 4 nitrogen and oxygen atoms in total. The van der Waals surface area contributed by atoms with E-state index in [1.807, 2.05) is 20.8 Å². The lowest BCUT2D eigenvalue weighted by atomic mass is 10.2. The van der Waals surface area contributed by atoms with Crippen LogP contribution in [0.4, 0.5) is 0 Å². The van der Waals surface area contributed by atoms with E-state index in [0.717, 1.165) is 26.2 Å². The molecule has 1 N–H and O–H groups in total. The highest BCUT2D eigenvalue weighted by atomic mass is 16.6. The van der Waals surface area contributed by atoms with E-state index in [4.69, 9.17) is 4.74 Å². The molecule has 4 heteroatoms. The van der Waals surface area contributed by atoms with Gasteiger partial charge < -0.3 is 10.1 Å². The Balaban J connectivity index is 2.21. The maximum atomic E-state index is 11.5. The molecule has 0 amide bonds. The minimum absolute atomic E-state index is 0.0984. The van der Waals surface area contributed by atoms with E-state index in [0.29, 0.717) is 12.5 Å². The predicted molar refractivity (Wildman–Crippen MR) is 64.4 cm³/mol. The van der Waals surface area contributed by atoms with Crippen LogP contribution in [0.2, 0.25) is 0 Å². The van der Waals surface area contributed by atoms with Gasteiger partial charge in [-0.3, -0.25) is 9.69 Å². The monoisotopic (exact) mass is 228 g/mol. The largest absolute Gasteiger partial charge is 0.460 e. The number of piperazine rings is 1. The first-order valence-electron chi connectivity index (χ1n) is 6.04. The minimum atomic E-state index is -0.367. The molecule has 0 saturated carbocycles. The van der Waals surface area contributed by atoms with Crippen LogP contribution >= 0.6 is 0 Å². The van der Waals surface area contributed by atoms with E-state index in [1.54, 1.807) is 0 Å². The summed E-state index contributed by atoms with van der Waals surface area (Å²) in [5, 5.41) is 3.38. The predicted octanol–water partition coefficient (Wildman–Crippen LogP) is 1.01. The van der Waals surface area contributed by atoms with Gasteiger partial charge in [-0.25, -0.2) is 0 Å². The van der Waals surface area contributed by atoms with E-state index in [2.05, 4.69) is 17.1 Å². The molecule has 0 aliphatic carbocycles. The fourth-order valence-corrected chi connectivity index (χ4v) is 1.86. The number of ether oxygens (including phenoxy) is 1. The molecule has 0 spiro atoms. The van der Waals surface area contributed by atoms with Crippen molar-refractivity contribution in [3.63, 3.8) is 0 Å². The van der Waals surface area contributed by atoms with Gasteiger partial charge in [0.05, 0.1) is 6.42 Å². The first kappa shape index (κ1) is 13.5. The molecule has 1 heterocycles. The fourth-order valence-electron chi connectivity index (χ4n) is 1.86. The van der Waals surface area contributed by atoms with Crippen LogP contribution in [-0.4, -0.2) is 48.7 Å². The molecular formula is C12H24N2O2. The maximum Gasteiger partial charge on any atom is 0.307 e. The summed E-state index contributed by atoms with van der Waals surface area (Å²) in [6.07, 6.45) is 0.490. The molecule has 0 aromatic rings. The zero-order valence-electron chi connectivity index (χ0n) is 10.9. The molecule has 16 heavy (non-hydrogen) atoms. The van der Waals surface area contributed by atoms with Crippen LogP contribution in [0.3, 0.4) is 0 Å². The van der Waals surface area contributed by atoms with Crippen LogP contribution < -0.4 is 5.32 Å². The van der Waals surface area contributed by atoms with Crippen molar-refractivity contribution in [3.05, 3.63) is 0 Å². The average Bonchev–Trinajstić information content (AvgIpc) is 2.12. The molecule has 0 radical (unpaired) electrons. The third kappa shape index (κ3) is 5.47. The van der Waals surface area contributed by atoms with Gasteiger partial charge in [0.15, 0.2) is 0 Å². The van der Waals surface area contributed by atoms with Crippen molar-refractivity contribution in [3.8, 4) is 0 Å². The molecule has 1 atom stereocenters. The number of nitrogens with one attached hydrogen (secondary N) is 1. The molecule has 0 aromatic heterocycles.